The largest absolute Gasteiger partial charge is 0.333 e. The van der Waals surface area contributed by atoms with E-state index in [-0.39, 0.29) is 17.3 Å². The molecule has 0 saturated heterocycles. The Morgan fingerprint density at radius 1 is 1.50 bits per heavy atom. The average molecular weight is 300 g/mol. The summed E-state index contributed by atoms with van der Waals surface area (Å²) in [6.07, 6.45) is 2.95. The highest BCUT2D eigenvalue weighted by molar-refractivity contribution is 5.89. The summed E-state index contributed by atoms with van der Waals surface area (Å²) in [6.45, 7) is 0.531. The van der Waals surface area contributed by atoms with Crippen molar-refractivity contribution < 1.29 is 9.18 Å². The molecule has 2 aromatic rings. The van der Waals surface area contributed by atoms with Crippen LogP contribution in [0.3, 0.4) is 0 Å². The lowest BCUT2D eigenvalue weighted by Crippen LogP contribution is -2.43. The number of halogens is 1. The summed E-state index contributed by atoms with van der Waals surface area (Å²) in [4.78, 5) is 16.1. The number of anilines is 1. The Balaban J connectivity index is 1.63. The van der Waals surface area contributed by atoms with Crippen molar-refractivity contribution in [1.82, 2.24) is 20.1 Å². The molecule has 112 valence electrons. The molecule has 0 radical (unpaired) electrons. The van der Waals surface area contributed by atoms with Crippen molar-refractivity contribution in [3.8, 4) is 6.07 Å². The van der Waals surface area contributed by atoms with E-state index in [2.05, 4.69) is 20.7 Å². The Hall–Kier alpha value is -2.95. The maximum absolute atomic E-state index is 13.6. The summed E-state index contributed by atoms with van der Waals surface area (Å²) in [5.41, 5.74) is 0.260. The van der Waals surface area contributed by atoms with E-state index in [1.54, 1.807) is 4.68 Å². The van der Waals surface area contributed by atoms with Gasteiger partial charge in [-0.1, -0.05) is 0 Å². The van der Waals surface area contributed by atoms with Crippen molar-refractivity contribution >= 4 is 11.7 Å². The van der Waals surface area contributed by atoms with Crippen molar-refractivity contribution in [3.05, 3.63) is 41.7 Å². The second-order valence-electron chi connectivity index (χ2n) is 5.00. The monoisotopic (exact) mass is 300 g/mol. The van der Waals surface area contributed by atoms with Crippen molar-refractivity contribution in [2.75, 3.05) is 5.32 Å². The van der Waals surface area contributed by atoms with Gasteiger partial charge in [-0.25, -0.2) is 18.9 Å². The van der Waals surface area contributed by atoms with Crippen LogP contribution < -0.4 is 10.6 Å². The number of nitrogens with zero attached hydrogens (tertiary/aromatic N) is 4. The molecule has 2 heterocycles. The fraction of sp³-hybridized carbons (Fsp3) is 0.286. The zero-order chi connectivity index (χ0) is 15.5. The fourth-order valence-corrected chi connectivity index (χ4v) is 2.39. The van der Waals surface area contributed by atoms with Gasteiger partial charge in [-0.05, 0) is 24.6 Å². The highest BCUT2D eigenvalue weighted by Crippen LogP contribution is 2.16. The zero-order valence-corrected chi connectivity index (χ0v) is 11.6. The van der Waals surface area contributed by atoms with Gasteiger partial charge in [-0.2, -0.15) is 10.4 Å². The fourth-order valence-electron chi connectivity index (χ4n) is 2.39. The van der Waals surface area contributed by atoms with Gasteiger partial charge in [0, 0.05) is 6.42 Å². The number of benzene rings is 1. The van der Waals surface area contributed by atoms with Gasteiger partial charge >= 0.3 is 6.03 Å². The molecule has 1 aliphatic heterocycles. The lowest BCUT2D eigenvalue weighted by molar-refractivity contribution is 0.243. The van der Waals surface area contributed by atoms with Crippen LogP contribution in [0, 0.1) is 17.1 Å². The van der Waals surface area contributed by atoms with Crippen LogP contribution in [0.5, 0.6) is 0 Å². The van der Waals surface area contributed by atoms with E-state index in [1.807, 2.05) is 6.07 Å². The van der Waals surface area contributed by atoms with E-state index < -0.39 is 11.8 Å². The average Bonchev–Trinajstić information content (AvgIpc) is 2.97. The summed E-state index contributed by atoms with van der Waals surface area (Å²) < 4.78 is 15.4. The van der Waals surface area contributed by atoms with Gasteiger partial charge in [-0.3, -0.25) is 0 Å². The summed E-state index contributed by atoms with van der Waals surface area (Å²) in [6, 6.07) is 5.09. The molecule has 3 rings (SSSR count). The van der Waals surface area contributed by atoms with E-state index in [9.17, 15) is 9.18 Å². The number of aromatic nitrogens is 3. The summed E-state index contributed by atoms with van der Waals surface area (Å²) in [7, 11) is 0. The number of aryl methyl sites for hydroxylation is 1. The van der Waals surface area contributed by atoms with Crippen LogP contribution in [0.4, 0.5) is 14.9 Å². The van der Waals surface area contributed by atoms with Crippen LogP contribution >= 0.6 is 0 Å². The maximum atomic E-state index is 13.6. The molecule has 8 heteroatoms. The summed E-state index contributed by atoms with van der Waals surface area (Å²) >= 11 is 0. The molecule has 2 N–H and O–H groups in total. The number of fused-ring (bicyclic) bond motifs is 1. The summed E-state index contributed by atoms with van der Waals surface area (Å²) in [5, 5.41) is 18.1. The Morgan fingerprint density at radius 2 is 2.36 bits per heavy atom. The molecule has 0 saturated carbocycles. The molecule has 0 spiro atoms. The molecule has 1 atom stereocenters. The third kappa shape index (κ3) is 2.88. The first-order chi connectivity index (χ1) is 10.7. The lowest BCUT2D eigenvalue weighted by Gasteiger charge is -2.23. The van der Waals surface area contributed by atoms with Gasteiger partial charge < -0.3 is 10.6 Å². The summed E-state index contributed by atoms with van der Waals surface area (Å²) in [5.74, 6) is 0.308. The molecule has 1 unspecified atom stereocenters. The smallest absolute Gasteiger partial charge is 0.319 e. The molecule has 1 aromatic carbocycles. The van der Waals surface area contributed by atoms with Gasteiger partial charge in [0.2, 0.25) is 0 Å². The van der Waals surface area contributed by atoms with Crippen LogP contribution in [0.1, 0.15) is 17.8 Å². The molecule has 7 nitrogen and oxygen atoms in total. The van der Waals surface area contributed by atoms with E-state index >= 15 is 0 Å². The molecular formula is C14H13FN6O. The number of hydrogen-bond acceptors (Lipinski definition) is 4. The lowest BCUT2D eigenvalue weighted by atomic mass is 10.1. The van der Waals surface area contributed by atoms with Crippen LogP contribution in [0.15, 0.2) is 24.5 Å². The molecular weight excluding hydrogens is 287 g/mol. The second kappa shape index (κ2) is 5.81. The number of nitriles is 1. The molecule has 22 heavy (non-hydrogen) atoms. The third-order valence-corrected chi connectivity index (χ3v) is 3.48. The number of carbonyl (C=O) groups is 1. The van der Waals surface area contributed by atoms with Crippen molar-refractivity contribution in [1.29, 1.82) is 5.26 Å². The van der Waals surface area contributed by atoms with Gasteiger partial charge in [0.25, 0.3) is 0 Å². The standard InChI is InChI=1S/C14H13FN6O/c15-11-3-1-9(6-16)5-12(11)20-14(22)19-10-2-4-13-17-8-18-21(13)7-10/h1,3,5,8,10H,2,4,7H2,(H2,19,20,22). The first kappa shape index (κ1) is 14.0. The predicted octanol–water partition coefficient (Wildman–Crippen LogP) is 1.43. The molecule has 1 aromatic heterocycles. The number of amides is 2. The van der Waals surface area contributed by atoms with Crippen molar-refractivity contribution in [2.24, 2.45) is 0 Å². The number of carbonyl (C=O) groups excluding carboxylic acids is 1. The van der Waals surface area contributed by atoms with Gasteiger partial charge in [0.1, 0.15) is 18.0 Å². The van der Waals surface area contributed by atoms with Crippen LogP contribution in [-0.2, 0) is 13.0 Å². The predicted molar refractivity (Wildman–Crippen MR) is 75.4 cm³/mol. The minimum absolute atomic E-state index is 0.0196. The van der Waals surface area contributed by atoms with E-state index in [0.29, 0.717) is 6.54 Å². The number of rotatable bonds is 2. The molecule has 2 amide bonds. The van der Waals surface area contributed by atoms with Gasteiger partial charge in [-0.15, -0.1) is 0 Å². The molecule has 0 fully saturated rings. The van der Waals surface area contributed by atoms with Crippen LogP contribution in [0.2, 0.25) is 0 Å². The Labute approximate surface area is 125 Å². The SMILES string of the molecule is N#Cc1ccc(F)c(NC(=O)NC2CCc3ncnn3C2)c1. The Morgan fingerprint density at radius 3 is 3.18 bits per heavy atom. The number of urea groups is 1. The minimum Gasteiger partial charge on any atom is -0.333 e. The second-order valence-corrected chi connectivity index (χ2v) is 5.00. The normalized spacial score (nSPS) is 16.5. The van der Waals surface area contributed by atoms with Crippen LogP contribution in [0.25, 0.3) is 0 Å². The van der Waals surface area contributed by atoms with E-state index in [0.717, 1.165) is 24.7 Å². The first-order valence-corrected chi connectivity index (χ1v) is 6.79. The third-order valence-electron chi connectivity index (χ3n) is 3.48. The number of nitrogens with one attached hydrogen (secondary N) is 2. The Kier molecular flexibility index (Phi) is 3.70. The topological polar surface area (TPSA) is 95.6 Å². The van der Waals surface area contributed by atoms with E-state index in [1.165, 1.54) is 18.5 Å². The molecule has 0 bridgehead atoms. The molecule has 1 aliphatic rings. The Bertz CT molecular complexity index is 750. The van der Waals surface area contributed by atoms with Gasteiger partial charge in [0.05, 0.1) is 29.9 Å². The number of hydrogen-bond donors (Lipinski definition) is 2. The minimum atomic E-state index is -0.587. The molecule has 0 aliphatic carbocycles. The zero-order valence-electron chi connectivity index (χ0n) is 11.6. The first-order valence-electron chi connectivity index (χ1n) is 6.79. The van der Waals surface area contributed by atoms with E-state index in [4.69, 9.17) is 5.26 Å². The maximum Gasteiger partial charge on any atom is 0.319 e. The van der Waals surface area contributed by atoms with Crippen LogP contribution in [-0.4, -0.2) is 26.8 Å². The quantitative estimate of drug-likeness (QED) is 0.877. The van der Waals surface area contributed by atoms with Crippen molar-refractivity contribution in [2.45, 2.75) is 25.4 Å². The highest BCUT2D eigenvalue weighted by Gasteiger charge is 2.21. The van der Waals surface area contributed by atoms with Crippen molar-refractivity contribution in [3.63, 3.8) is 0 Å². The van der Waals surface area contributed by atoms with Gasteiger partial charge in [0.15, 0.2) is 0 Å². The highest BCUT2D eigenvalue weighted by atomic mass is 19.1.